The Hall–Kier alpha value is -1.42. The van der Waals surface area contributed by atoms with Gasteiger partial charge in [0.25, 0.3) is 0 Å². The zero-order chi connectivity index (χ0) is 10.0. The molecule has 1 atom stereocenters. The normalized spacial score (nSPS) is 12.5. The molecule has 0 saturated carbocycles. The lowest BCUT2D eigenvalue weighted by Gasteiger charge is -2.06. The molecule has 13 heavy (non-hydrogen) atoms. The lowest BCUT2D eigenvalue weighted by molar-refractivity contribution is -0.147. The van der Waals surface area contributed by atoms with Gasteiger partial charge in [-0.05, 0) is 18.6 Å². The molecule has 3 nitrogen and oxygen atoms in total. The highest BCUT2D eigenvalue weighted by Gasteiger charge is 2.19. The molecule has 0 radical (unpaired) electrons. The Bertz CT molecular complexity index is 336. The fourth-order valence-electron chi connectivity index (χ4n) is 0.987. The van der Waals surface area contributed by atoms with Gasteiger partial charge >= 0.3 is 5.97 Å². The number of rotatable bonds is 2. The Morgan fingerprint density at radius 1 is 1.54 bits per heavy atom. The second kappa shape index (κ2) is 3.53. The molecule has 0 saturated heterocycles. The molecule has 0 fully saturated rings. The van der Waals surface area contributed by atoms with E-state index in [1.54, 1.807) is 13.0 Å². The van der Waals surface area contributed by atoms with Crippen LogP contribution in [-0.4, -0.2) is 16.2 Å². The molecule has 1 rings (SSSR count). The summed E-state index contributed by atoms with van der Waals surface area (Å²) in [7, 11) is 0. The standard InChI is InChI=1S/C9H9FO3/c1-5-2-3-6(7(10)4-5)8(11)9(12)13/h2-4,8,11H,1H3,(H,12,13). The van der Waals surface area contributed by atoms with E-state index in [-0.39, 0.29) is 5.56 Å². The fourth-order valence-corrected chi connectivity index (χ4v) is 0.987. The number of aryl methyl sites for hydroxylation is 1. The molecule has 2 N–H and O–H groups in total. The van der Waals surface area contributed by atoms with Gasteiger partial charge in [-0.25, -0.2) is 9.18 Å². The number of hydrogen-bond acceptors (Lipinski definition) is 2. The molecule has 0 heterocycles. The van der Waals surface area contributed by atoms with Crippen molar-refractivity contribution in [2.24, 2.45) is 0 Å². The average molecular weight is 184 g/mol. The van der Waals surface area contributed by atoms with E-state index in [1.807, 2.05) is 0 Å². The minimum atomic E-state index is -1.79. The van der Waals surface area contributed by atoms with Crippen LogP contribution in [0.15, 0.2) is 18.2 Å². The topological polar surface area (TPSA) is 57.5 Å². The summed E-state index contributed by atoms with van der Waals surface area (Å²) in [6.45, 7) is 1.68. The molecule has 70 valence electrons. The van der Waals surface area contributed by atoms with Crippen molar-refractivity contribution in [3.05, 3.63) is 35.1 Å². The van der Waals surface area contributed by atoms with E-state index in [2.05, 4.69) is 0 Å². The van der Waals surface area contributed by atoms with E-state index in [9.17, 15) is 9.18 Å². The predicted molar refractivity (Wildman–Crippen MR) is 43.7 cm³/mol. The van der Waals surface area contributed by atoms with E-state index >= 15 is 0 Å². The number of benzene rings is 1. The van der Waals surface area contributed by atoms with Gasteiger partial charge in [-0.1, -0.05) is 12.1 Å². The zero-order valence-electron chi connectivity index (χ0n) is 6.99. The van der Waals surface area contributed by atoms with Gasteiger partial charge in [-0.3, -0.25) is 0 Å². The number of carboxylic acids is 1. The highest BCUT2D eigenvalue weighted by atomic mass is 19.1. The summed E-state index contributed by atoms with van der Waals surface area (Å²) in [5.41, 5.74) is 0.469. The highest BCUT2D eigenvalue weighted by Crippen LogP contribution is 2.17. The maximum Gasteiger partial charge on any atom is 0.337 e. The fraction of sp³-hybridized carbons (Fsp3) is 0.222. The van der Waals surface area contributed by atoms with Crippen LogP contribution in [0.3, 0.4) is 0 Å². The maximum atomic E-state index is 13.0. The van der Waals surface area contributed by atoms with E-state index in [4.69, 9.17) is 10.2 Å². The minimum absolute atomic E-state index is 0.210. The first-order valence-corrected chi connectivity index (χ1v) is 3.69. The maximum absolute atomic E-state index is 13.0. The summed E-state index contributed by atoms with van der Waals surface area (Å²) in [5, 5.41) is 17.4. The van der Waals surface area contributed by atoms with Crippen molar-refractivity contribution < 1.29 is 19.4 Å². The van der Waals surface area contributed by atoms with Crippen molar-refractivity contribution in [1.29, 1.82) is 0 Å². The first-order valence-electron chi connectivity index (χ1n) is 3.69. The first kappa shape index (κ1) is 9.67. The van der Waals surface area contributed by atoms with Crippen LogP contribution in [0.25, 0.3) is 0 Å². The van der Waals surface area contributed by atoms with Gasteiger partial charge in [0.05, 0.1) is 0 Å². The van der Waals surface area contributed by atoms with Crippen molar-refractivity contribution in [3.8, 4) is 0 Å². The molecule has 1 aromatic carbocycles. The van der Waals surface area contributed by atoms with Crippen LogP contribution >= 0.6 is 0 Å². The number of aliphatic carboxylic acids is 1. The Kier molecular flexibility index (Phi) is 2.63. The molecule has 0 amide bonds. The number of carboxylic acid groups (broad SMARTS) is 1. The summed E-state index contributed by atoms with van der Waals surface area (Å²) in [5.74, 6) is -2.15. The zero-order valence-corrected chi connectivity index (χ0v) is 6.99. The first-order chi connectivity index (χ1) is 6.02. The third-order valence-corrected chi connectivity index (χ3v) is 1.68. The van der Waals surface area contributed by atoms with E-state index in [0.29, 0.717) is 5.56 Å². The second-order valence-electron chi connectivity index (χ2n) is 2.77. The van der Waals surface area contributed by atoms with Crippen LogP contribution in [0.2, 0.25) is 0 Å². The lowest BCUT2D eigenvalue weighted by Crippen LogP contribution is -2.12. The molecule has 4 heteroatoms. The Labute approximate surface area is 74.4 Å². The quantitative estimate of drug-likeness (QED) is 0.727. The van der Waals surface area contributed by atoms with Gasteiger partial charge in [-0.15, -0.1) is 0 Å². The molecule has 0 aliphatic rings. The smallest absolute Gasteiger partial charge is 0.337 e. The molecule has 0 aromatic heterocycles. The van der Waals surface area contributed by atoms with E-state index in [0.717, 1.165) is 0 Å². The van der Waals surface area contributed by atoms with Crippen LogP contribution in [-0.2, 0) is 4.79 Å². The Morgan fingerprint density at radius 3 is 2.62 bits per heavy atom. The summed E-state index contributed by atoms with van der Waals surface area (Å²) >= 11 is 0. The molecule has 0 aliphatic heterocycles. The number of halogens is 1. The third-order valence-electron chi connectivity index (χ3n) is 1.68. The third kappa shape index (κ3) is 2.03. The number of aliphatic hydroxyl groups excluding tert-OH is 1. The van der Waals surface area contributed by atoms with E-state index in [1.165, 1.54) is 12.1 Å². The van der Waals surface area contributed by atoms with Gasteiger partial charge in [-0.2, -0.15) is 0 Å². The van der Waals surface area contributed by atoms with Gasteiger partial charge in [0.1, 0.15) is 5.82 Å². The van der Waals surface area contributed by atoms with Crippen LogP contribution in [0, 0.1) is 12.7 Å². The summed E-state index contributed by atoms with van der Waals surface area (Å²) < 4.78 is 13.0. The van der Waals surface area contributed by atoms with Crippen LogP contribution in [0.1, 0.15) is 17.2 Å². The molecule has 1 aromatic rings. The molecule has 1 unspecified atom stereocenters. The van der Waals surface area contributed by atoms with Crippen LogP contribution in [0.5, 0.6) is 0 Å². The average Bonchev–Trinajstić information content (AvgIpc) is 2.03. The van der Waals surface area contributed by atoms with Crippen molar-refractivity contribution in [1.82, 2.24) is 0 Å². The second-order valence-corrected chi connectivity index (χ2v) is 2.77. The summed E-state index contributed by atoms with van der Waals surface area (Å²) in [6, 6.07) is 4.00. The SMILES string of the molecule is Cc1ccc(C(O)C(=O)O)c(F)c1. The number of hydrogen-bond donors (Lipinski definition) is 2. The van der Waals surface area contributed by atoms with Gasteiger partial charge < -0.3 is 10.2 Å². The van der Waals surface area contributed by atoms with Crippen LogP contribution < -0.4 is 0 Å². The van der Waals surface area contributed by atoms with E-state index < -0.39 is 17.9 Å². The van der Waals surface area contributed by atoms with Crippen molar-refractivity contribution in [2.75, 3.05) is 0 Å². The lowest BCUT2D eigenvalue weighted by atomic mass is 10.1. The monoisotopic (exact) mass is 184 g/mol. The molecule has 0 aliphatic carbocycles. The molecule has 0 spiro atoms. The highest BCUT2D eigenvalue weighted by molar-refractivity contribution is 5.74. The Balaban J connectivity index is 3.08. The molecular weight excluding hydrogens is 175 g/mol. The van der Waals surface area contributed by atoms with Crippen LogP contribution in [0.4, 0.5) is 4.39 Å². The number of aliphatic hydroxyl groups is 1. The summed E-state index contributed by atoms with van der Waals surface area (Å²) in [6.07, 6.45) is -1.79. The predicted octanol–water partition coefficient (Wildman–Crippen LogP) is 1.25. The Morgan fingerprint density at radius 2 is 2.15 bits per heavy atom. The van der Waals surface area contributed by atoms with Crippen molar-refractivity contribution in [3.63, 3.8) is 0 Å². The largest absolute Gasteiger partial charge is 0.479 e. The van der Waals surface area contributed by atoms with Crippen molar-refractivity contribution >= 4 is 5.97 Å². The molecule has 0 bridgehead atoms. The summed E-state index contributed by atoms with van der Waals surface area (Å²) in [4.78, 5) is 10.3. The van der Waals surface area contributed by atoms with Gasteiger partial charge in [0, 0.05) is 5.56 Å². The van der Waals surface area contributed by atoms with Crippen molar-refractivity contribution in [2.45, 2.75) is 13.0 Å². The van der Waals surface area contributed by atoms with Gasteiger partial charge in [0.15, 0.2) is 6.10 Å². The molecular formula is C9H9FO3. The minimum Gasteiger partial charge on any atom is -0.479 e. The number of carbonyl (C=O) groups is 1. The van der Waals surface area contributed by atoms with Gasteiger partial charge in [0.2, 0.25) is 0 Å².